The summed E-state index contributed by atoms with van der Waals surface area (Å²) in [6, 6.07) is 12.5. The van der Waals surface area contributed by atoms with Crippen molar-refractivity contribution >= 4 is 39.1 Å². The number of nitrogens with zero attached hydrogens (tertiary/aromatic N) is 1. The van der Waals surface area contributed by atoms with Gasteiger partial charge in [0.1, 0.15) is 0 Å². The number of hydrogen-bond acceptors (Lipinski definition) is 5. The summed E-state index contributed by atoms with van der Waals surface area (Å²) < 4.78 is 27.5. The van der Waals surface area contributed by atoms with Gasteiger partial charge in [0.15, 0.2) is 0 Å². The lowest BCUT2D eigenvalue weighted by Crippen LogP contribution is -2.29. The number of anilines is 2. The first-order chi connectivity index (χ1) is 18.2. The zero-order valence-electron chi connectivity index (χ0n) is 22.2. The van der Waals surface area contributed by atoms with Crippen LogP contribution in [-0.2, 0) is 19.6 Å². The average Bonchev–Trinajstić information content (AvgIpc) is 3.28. The van der Waals surface area contributed by atoms with Crippen molar-refractivity contribution in [1.82, 2.24) is 9.62 Å². The first kappa shape index (κ1) is 29.3. The van der Waals surface area contributed by atoms with E-state index < -0.39 is 10.0 Å². The number of carbonyl (C=O) groups excluding carboxylic acids is 3. The van der Waals surface area contributed by atoms with Gasteiger partial charge in [0.25, 0.3) is 5.91 Å². The normalized spacial score (nSPS) is 15.5. The Balaban J connectivity index is 1.50. The number of benzene rings is 2. The minimum Gasteiger partial charge on any atom is -0.342 e. The topological polar surface area (TPSA) is 125 Å². The summed E-state index contributed by atoms with van der Waals surface area (Å²) in [5.74, 6) is -0.944. The molecule has 1 heterocycles. The molecule has 1 saturated heterocycles. The summed E-state index contributed by atoms with van der Waals surface area (Å²) in [5.41, 5.74) is 1.39. The number of nitrogens with one attached hydrogen (secondary N) is 3. The first-order valence-corrected chi connectivity index (χ1v) is 14.8. The molecule has 0 bridgehead atoms. The third-order valence-corrected chi connectivity index (χ3v) is 8.00. The van der Waals surface area contributed by atoms with Crippen LogP contribution in [0.5, 0.6) is 0 Å². The van der Waals surface area contributed by atoms with E-state index in [0.717, 1.165) is 38.5 Å². The second kappa shape index (κ2) is 14.1. The molecule has 1 aliphatic rings. The van der Waals surface area contributed by atoms with Crippen LogP contribution < -0.4 is 15.4 Å². The van der Waals surface area contributed by atoms with Gasteiger partial charge >= 0.3 is 0 Å². The molecule has 0 radical (unpaired) electrons. The van der Waals surface area contributed by atoms with Crippen LogP contribution in [-0.4, -0.2) is 50.7 Å². The lowest BCUT2D eigenvalue weighted by Gasteiger charge is -2.16. The molecule has 1 aliphatic heterocycles. The number of likely N-dealkylation sites (tertiary alicyclic amines) is 1. The van der Waals surface area contributed by atoms with E-state index >= 15 is 0 Å². The van der Waals surface area contributed by atoms with Crippen molar-refractivity contribution < 1.29 is 22.8 Å². The number of sulfonamides is 1. The Hall–Kier alpha value is -3.24. The highest BCUT2D eigenvalue weighted by Gasteiger charge is 2.33. The Bertz CT molecular complexity index is 1200. The van der Waals surface area contributed by atoms with E-state index in [-0.39, 0.29) is 35.0 Å². The number of unbranched alkanes of at least 4 members (excludes halogenated alkanes) is 4. The first-order valence-electron chi connectivity index (χ1n) is 13.3. The zero-order chi connectivity index (χ0) is 27.5. The Kier molecular flexibility index (Phi) is 10.8. The fourth-order valence-electron chi connectivity index (χ4n) is 4.22. The van der Waals surface area contributed by atoms with Crippen molar-refractivity contribution in [2.45, 2.75) is 63.7 Å². The van der Waals surface area contributed by atoms with Crippen molar-refractivity contribution in [3.8, 4) is 0 Å². The van der Waals surface area contributed by atoms with E-state index in [1.54, 1.807) is 41.3 Å². The molecular formula is C28H38N4O5S. The van der Waals surface area contributed by atoms with Gasteiger partial charge in [0.05, 0.1) is 10.8 Å². The molecule has 10 heteroatoms. The van der Waals surface area contributed by atoms with Gasteiger partial charge in [-0.15, -0.1) is 0 Å². The van der Waals surface area contributed by atoms with Gasteiger partial charge in [-0.2, -0.15) is 0 Å². The molecule has 3 amide bonds. The molecule has 3 rings (SSSR count). The second-order valence-corrected chi connectivity index (χ2v) is 11.4. The van der Waals surface area contributed by atoms with Gasteiger partial charge < -0.3 is 15.5 Å². The molecular weight excluding hydrogens is 504 g/mol. The van der Waals surface area contributed by atoms with Crippen LogP contribution in [0.3, 0.4) is 0 Å². The van der Waals surface area contributed by atoms with Gasteiger partial charge in [-0.25, -0.2) is 13.1 Å². The maximum absolute atomic E-state index is 12.7. The summed E-state index contributed by atoms with van der Waals surface area (Å²) in [6.07, 6.45) is 6.06. The fourth-order valence-corrected chi connectivity index (χ4v) is 5.30. The van der Waals surface area contributed by atoms with Gasteiger partial charge in [-0.3, -0.25) is 14.4 Å². The summed E-state index contributed by atoms with van der Waals surface area (Å²) in [7, 11) is -3.59. The standard InChI is InChI=1S/C28H38N4O5S/c1-3-5-7-8-17-29-38(36,37)25-15-13-24(14-16-25)30-27(34)21-9-11-23(12-10-21)31-28(35)22-19-26(33)32(20-22)18-6-4-2/h9-16,22,29H,3-8,17-20H2,1-2H3,(H,30,34)(H,31,35). The molecule has 1 unspecified atom stereocenters. The third kappa shape index (κ3) is 8.39. The quantitative estimate of drug-likeness (QED) is 0.306. The SMILES string of the molecule is CCCCCCNS(=O)(=O)c1ccc(NC(=O)c2ccc(NC(=O)C3CC(=O)N(CCCC)C3)cc2)cc1. The van der Waals surface area contributed by atoms with Crippen LogP contribution >= 0.6 is 0 Å². The van der Waals surface area contributed by atoms with Crippen LogP contribution in [0.1, 0.15) is 69.2 Å². The highest BCUT2D eigenvalue weighted by Crippen LogP contribution is 2.21. The summed E-state index contributed by atoms with van der Waals surface area (Å²) in [5, 5.41) is 5.58. The van der Waals surface area contributed by atoms with Gasteiger partial charge in [0.2, 0.25) is 21.8 Å². The maximum atomic E-state index is 12.7. The number of hydrogen-bond donors (Lipinski definition) is 3. The summed E-state index contributed by atoms with van der Waals surface area (Å²) >= 11 is 0. The molecule has 3 N–H and O–H groups in total. The van der Waals surface area contributed by atoms with Gasteiger partial charge in [-0.1, -0.05) is 39.5 Å². The molecule has 1 atom stereocenters. The number of amides is 3. The monoisotopic (exact) mass is 542 g/mol. The molecule has 1 fully saturated rings. The summed E-state index contributed by atoms with van der Waals surface area (Å²) in [4.78, 5) is 39.3. The van der Waals surface area contributed by atoms with E-state index in [0.29, 0.717) is 36.6 Å². The minimum atomic E-state index is -3.59. The smallest absolute Gasteiger partial charge is 0.255 e. The highest BCUT2D eigenvalue weighted by atomic mass is 32.2. The predicted molar refractivity (Wildman–Crippen MR) is 148 cm³/mol. The van der Waals surface area contributed by atoms with Crippen LogP contribution in [0.4, 0.5) is 11.4 Å². The fraction of sp³-hybridized carbons (Fsp3) is 0.464. The minimum absolute atomic E-state index is 0.00919. The van der Waals surface area contributed by atoms with E-state index in [2.05, 4.69) is 29.2 Å². The van der Waals surface area contributed by atoms with Crippen LogP contribution in [0, 0.1) is 5.92 Å². The van der Waals surface area contributed by atoms with Crippen molar-refractivity contribution in [2.24, 2.45) is 5.92 Å². The van der Waals surface area contributed by atoms with Crippen molar-refractivity contribution in [2.75, 3.05) is 30.3 Å². The second-order valence-electron chi connectivity index (χ2n) is 9.60. The largest absolute Gasteiger partial charge is 0.342 e. The molecule has 0 aliphatic carbocycles. The molecule has 0 saturated carbocycles. The third-order valence-electron chi connectivity index (χ3n) is 6.53. The Morgan fingerprint density at radius 3 is 2.16 bits per heavy atom. The number of rotatable bonds is 14. The van der Waals surface area contributed by atoms with Crippen LogP contribution in [0.15, 0.2) is 53.4 Å². The Labute approximate surface area is 225 Å². The van der Waals surface area contributed by atoms with E-state index in [9.17, 15) is 22.8 Å². The van der Waals surface area contributed by atoms with E-state index in [1.807, 2.05) is 0 Å². The van der Waals surface area contributed by atoms with Gasteiger partial charge in [-0.05, 0) is 61.4 Å². The molecule has 2 aromatic rings. The molecule has 38 heavy (non-hydrogen) atoms. The average molecular weight is 543 g/mol. The molecule has 0 spiro atoms. The maximum Gasteiger partial charge on any atom is 0.255 e. The van der Waals surface area contributed by atoms with E-state index in [4.69, 9.17) is 0 Å². The lowest BCUT2D eigenvalue weighted by molar-refractivity contribution is -0.128. The Morgan fingerprint density at radius 1 is 0.868 bits per heavy atom. The molecule has 206 valence electrons. The van der Waals surface area contributed by atoms with Crippen molar-refractivity contribution in [1.29, 1.82) is 0 Å². The highest BCUT2D eigenvalue weighted by molar-refractivity contribution is 7.89. The van der Waals surface area contributed by atoms with Crippen LogP contribution in [0.25, 0.3) is 0 Å². The lowest BCUT2D eigenvalue weighted by atomic mass is 10.1. The number of carbonyl (C=O) groups is 3. The molecule has 2 aromatic carbocycles. The van der Waals surface area contributed by atoms with Gasteiger partial charge in [0, 0.05) is 43.0 Å². The van der Waals surface area contributed by atoms with E-state index in [1.165, 1.54) is 12.1 Å². The summed E-state index contributed by atoms with van der Waals surface area (Å²) in [6.45, 7) is 5.67. The van der Waals surface area contributed by atoms with Crippen molar-refractivity contribution in [3.63, 3.8) is 0 Å². The molecule has 9 nitrogen and oxygen atoms in total. The molecule has 0 aromatic heterocycles. The van der Waals surface area contributed by atoms with Crippen molar-refractivity contribution in [3.05, 3.63) is 54.1 Å². The Morgan fingerprint density at radius 2 is 1.50 bits per heavy atom. The zero-order valence-corrected chi connectivity index (χ0v) is 23.0. The predicted octanol–water partition coefficient (Wildman–Crippen LogP) is 4.38. The van der Waals surface area contributed by atoms with Crippen LogP contribution in [0.2, 0.25) is 0 Å².